The van der Waals surface area contributed by atoms with Gasteiger partial charge in [-0.25, -0.2) is 5.43 Å². The van der Waals surface area contributed by atoms with Crippen LogP contribution in [0.1, 0.15) is 11.1 Å². The number of nitrogens with zero attached hydrogens (tertiary/aromatic N) is 2. The first-order valence-electron chi connectivity index (χ1n) is 7.45. The van der Waals surface area contributed by atoms with E-state index in [4.69, 9.17) is 0 Å². The van der Waals surface area contributed by atoms with Crippen molar-refractivity contribution in [2.24, 2.45) is 5.10 Å². The summed E-state index contributed by atoms with van der Waals surface area (Å²) in [7, 11) is 4.02. The first-order valence-corrected chi connectivity index (χ1v) is 7.45. The fourth-order valence-corrected chi connectivity index (χ4v) is 2.01. The zero-order chi connectivity index (χ0) is 16.5. The topological polar surface area (TPSA) is 44.7 Å². The fraction of sp³-hybridized carbons (Fsp3) is 0.158. The molecule has 0 bridgehead atoms. The third kappa shape index (κ3) is 5.79. The molecule has 4 nitrogen and oxygen atoms in total. The number of nitrogens with one attached hydrogen (secondary N) is 1. The maximum Gasteiger partial charge on any atom is 0.244 e. The summed E-state index contributed by atoms with van der Waals surface area (Å²) in [6.45, 7) is 0. The Morgan fingerprint density at radius 3 is 2.43 bits per heavy atom. The van der Waals surface area contributed by atoms with Crippen LogP contribution < -0.4 is 10.3 Å². The minimum Gasteiger partial charge on any atom is -0.378 e. The van der Waals surface area contributed by atoms with Crippen LogP contribution in [-0.2, 0) is 11.2 Å². The lowest BCUT2D eigenvalue weighted by Crippen LogP contribution is -2.19. The van der Waals surface area contributed by atoms with Crippen LogP contribution in [0, 0.1) is 0 Å². The number of benzene rings is 2. The molecule has 0 aromatic heterocycles. The van der Waals surface area contributed by atoms with E-state index in [0.717, 1.165) is 16.8 Å². The Balaban J connectivity index is 1.78. The van der Waals surface area contributed by atoms with E-state index in [9.17, 15) is 4.79 Å². The van der Waals surface area contributed by atoms with Crippen LogP contribution in [0.25, 0.3) is 6.08 Å². The van der Waals surface area contributed by atoms with Crippen molar-refractivity contribution in [2.75, 3.05) is 19.0 Å². The van der Waals surface area contributed by atoms with Gasteiger partial charge in [0.05, 0.1) is 6.42 Å². The Morgan fingerprint density at radius 1 is 1.09 bits per heavy atom. The van der Waals surface area contributed by atoms with Crippen molar-refractivity contribution in [3.05, 3.63) is 71.8 Å². The van der Waals surface area contributed by atoms with E-state index in [1.807, 2.05) is 62.6 Å². The van der Waals surface area contributed by atoms with Gasteiger partial charge in [0, 0.05) is 26.0 Å². The lowest BCUT2D eigenvalue weighted by Gasteiger charge is -2.11. The Hall–Kier alpha value is -2.88. The maximum atomic E-state index is 11.7. The molecule has 0 aliphatic heterocycles. The molecule has 1 amide bonds. The average Bonchev–Trinajstić information content (AvgIpc) is 2.56. The second-order valence-electron chi connectivity index (χ2n) is 5.32. The second kappa shape index (κ2) is 8.54. The largest absolute Gasteiger partial charge is 0.378 e. The van der Waals surface area contributed by atoms with Crippen molar-refractivity contribution in [1.82, 2.24) is 5.43 Å². The van der Waals surface area contributed by atoms with Gasteiger partial charge in [0.1, 0.15) is 0 Å². The number of carbonyl (C=O) groups is 1. The highest BCUT2D eigenvalue weighted by atomic mass is 16.2. The lowest BCUT2D eigenvalue weighted by molar-refractivity contribution is -0.120. The smallest absolute Gasteiger partial charge is 0.244 e. The predicted octanol–water partition coefficient (Wildman–Crippen LogP) is 3.11. The van der Waals surface area contributed by atoms with E-state index in [1.165, 1.54) is 0 Å². The zero-order valence-corrected chi connectivity index (χ0v) is 13.4. The number of anilines is 1. The molecular weight excluding hydrogens is 286 g/mol. The molecule has 0 saturated heterocycles. The normalized spacial score (nSPS) is 11.0. The summed E-state index contributed by atoms with van der Waals surface area (Å²) >= 11 is 0. The van der Waals surface area contributed by atoms with E-state index in [-0.39, 0.29) is 5.91 Å². The summed E-state index contributed by atoms with van der Waals surface area (Å²) in [5, 5.41) is 3.91. The Labute approximate surface area is 137 Å². The summed E-state index contributed by atoms with van der Waals surface area (Å²) in [6, 6.07) is 17.8. The van der Waals surface area contributed by atoms with Crippen LogP contribution in [0.3, 0.4) is 0 Å². The van der Waals surface area contributed by atoms with Gasteiger partial charge in [0.15, 0.2) is 0 Å². The fourth-order valence-electron chi connectivity index (χ4n) is 2.01. The molecule has 0 aliphatic carbocycles. The number of carbonyl (C=O) groups excluding carboxylic acids is 1. The maximum absolute atomic E-state index is 11.7. The van der Waals surface area contributed by atoms with Gasteiger partial charge < -0.3 is 4.90 Å². The molecular formula is C19H21N3O. The third-order valence-electron chi connectivity index (χ3n) is 3.26. The highest BCUT2D eigenvalue weighted by Gasteiger charge is 2.00. The van der Waals surface area contributed by atoms with E-state index in [0.29, 0.717) is 6.42 Å². The third-order valence-corrected chi connectivity index (χ3v) is 3.26. The van der Waals surface area contributed by atoms with Crippen LogP contribution in [0.2, 0.25) is 0 Å². The predicted molar refractivity (Wildman–Crippen MR) is 96.6 cm³/mol. The summed E-state index contributed by atoms with van der Waals surface area (Å²) in [6.07, 6.45) is 5.64. The van der Waals surface area contributed by atoms with Gasteiger partial charge in [0.25, 0.3) is 0 Å². The lowest BCUT2D eigenvalue weighted by atomic mass is 10.1. The molecule has 2 aromatic rings. The summed E-state index contributed by atoms with van der Waals surface area (Å²) in [4.78, 5) is 13.7. The first-order chi connectivity index (χ1) is 11.1. The van der Waals surface area contributed by atoms with Gasteiger partial charge in [-0.1, -0.05) is 48.5 Å². The van der Waals surface area contributed by atoms with E-state index in [1.54, 1.807) is 12.3 Å². The molecule has 0 heterocycles. The molecule has 0 unspecified atom stereocenters. The minimum absolute atomic E-state index is 0.129. The van der Waals surface area contributed by atoms with E-state index in [2.05, 4.69) is 27.6 Å². The van der Waals surface area contributed by atoms with Crippen LogP contribution >= 0.6 is 0 Å². The van der Waals surface area contributed by atoms with Crippen LogP contribution in [0.15, 0.2) is 65.8 Å². The minimum atomic E-state index is -0.129. The zero-order valence-electron chi connectivity index (χ0n) is 13.4. The first kappa shape index (κ1) is 16.5. The van der Waals surface area contributed by atoms with Crippen molar-refractivity contribution in [3.63, 3.8) is 0 Å². The average molecular weight is 307 g/mol. The summed E-state index contributed by atoms with van der Waals surface area (Å²) < 4.78 is 0. The monoisotopic (exact) mass is 307 g/mol. The van der Waals surface area contributed by atoms with Crippen molar-refractivity contribution in [2.45, 2.75) is 6.42 Å². The Morgan fingerprint density at radius 2 is 1.78 bits per heavy atom. The Bertz CT molecular complexity index is 674. The molecule has 118 valence electrons. The van der Waals surface area contributed by atoms with Crippen LogP contribution in [0.4, 0.5) is 5.69 Å². The van der Waals surface area contributed by atoms with Gasteiger partial charge in [-0.3, -0.25) is 4.79 Å². The molecule has 0 saturated carbocycles. The van der Waals surface area contributed by atoms with Gasteiger partial charge in [-0.2, -0.15) is 5.10 Å². The summed E-state index contributed by atoms with van der Waals surface area (Å²) in [5.41, 5.74) is 5.72. The Kier molecular flexibility index (Phi) is 6.12. The van der Waals surface area contributed by atoms with Crippen LogP contribution in [-0.4, -0.2) is 26.2 Å². The SMILES string of the molecule is CN(C)c1ccc(/C=C/C=N/NC(=O)Cc2ccccc2)cc1. The number of hydrogen-bond donors (Lipinski definition) is 1. The molecule has 4 heteroatoms. The van der Waals surface area contributed by atoms with Gasteiger partial charge in [-0.05, 0) is 29.3 Å². The van der Waals surface area contributed by atoms with Crippen molar-refractivity contribution < 1.29 is 4.79 Å². The molecule has 23 heavy (non-hydrogen) atoms. The molecule has 0 radical (unpaired) electrons. The number of allylic oxidation sites excluding steroid dienone is 1. The molecule has 0 atom stereocenters. The van der Waals surface area contributed by atoms with Crippen LogP contribution in [0.5, 0.6) is 0 Å². The van der Waals surface area contributed by atoms with E-state index < -0.39 is 0 Å². The second-order valence-corrected chi connectivity index (χ2v) is 5.32. The highest BCUT2D eigenvalue weighted by molar-refractivity contribution is 5.82. The number of hydrogen-bond acceptors (Lipinski definition) is 3. The molecule has 2 rings (SSSR count). The van der Waals surface area contributed by atoms with Crippen molar-refractivity contribution >= 4 is 23.9 Å². The molecule has 0 aliphatic rings. The quantitative estimate of drug-likeness (QED) is 0.658. The van der Waals surface area contributed by atoms with Gasteiger partial charge >= 0.3 is 0 Å². The molecule has 1 N–H and O–H groups in total. The van der Waals surface area contributed by atoms with E-state index >= 15 is 0 Å². The van der Waals surface area contributed by atoms with Crippen molar-refractivity contribution in [1.29, 1.82) is 0 Å². The number of hydrazone groups is 1. The van der Waals surface area contributed by atoms with Gasteiger partial charge in [-0.15, -0.1) is 0 Å². The number of amides is 1. The van der Waals surface area contributed by atoms with Gasteiger partial charge in [0.2, 0.25) is 5.91 Å². The highest BCUT2D eigenvalue weighted by Crippen LogP contribution is 2.12. The standard InChI is InChI=1S/C19H21N3O/c1-22(2)18-12-10-16(11-13-18)9-6-14-20-21-19(23)15-17-7-4-3-5-8-17/h3-14H,15H2,1-2H3,(H,21,23)/b9-6+,20-14+. The van der Waals surface area contributed by atoms with Crippen molar-refractivity contribution in [3.8, 4) is 0 Å². The molecule has 0 spiro atoms. The number of rotatable bonds is 6. The molecule has 0 fully saturated rings. The molecule has 2 aromatic carbocycles. The summed E-state index contributed by atoms with van der Waals surface area (Å²) in [5.74, 6) is -0.129.